The first-order valence-electron chi connectivity index (χ1n) is 7.94. The van der Waals surface area contributed by atoms with Crippen molar-refractivity contribution in [3.05, 3.63) is 48.2 Å². The Balaban J connectivity index is 1.53. The summed E-state index contributed by atoms with van der Waals surface area (Å²) < 4.78 is 11.0. The van der Waals surface area contributed by atoms with E-state index >= 15 is 0 Å². The number of hydrogen-bond acceptors (Lipinski definition) is 4. The molecular formula is C18H21N3O3. The van der Waals surface area contributed by atoms with Crippen molar-refractivity contribution < 1.29 is 14.3 Å². The zero-order valence-electron chi connectivity index (χ0n) is 13.9. The van der Waals surface area contributed by atoms with Crippen LogP contribution in [0.25, 0.3) is 0 Å². The number of urea groups is 1. The van der Waals surface area contributed by atoms with E-state index in [0.717, 1.165) is 23.6 Å². The Labute approximate surface area is 141 Å². The smallest absolute Gasteiger partial charge is 0.321 e. The maximum atomic E-state index is 12.3. The Bertz CT molecular complexity index is 703. The van der Waals surface area contributed by atoms with Gasteiger partial charge in [0.2, 0.25) is 5.88 Å². The first kappa shape index (κ1) is 16.1. The topological polar surface area (TPSA) is 63.7 Å². The second-order valence-electron chi connectivity index (χ2n) is 5.75. The molecular weight excluding hydrogens is 306 g/mol. The summed E-state index contributed by atoms with van der Waals surface area (Å²) in [5, 5.41) is 2.89. The number of aromatic nitrogens is 1. The van der Waals surface area contributed by atoms with Crippen molar-refractivity contribution in [1.82, 2.24) is 9.88 Å². The fourth-order valence-corrected chi connectivity index (χ4v) is 2.64. The van der Waals surface area contributed by atoms with Crippen LogP contribution in [0.4, 0.5) is 10.5 Å². The van der Waals surface area contributed by atoms with Crippen LogP contribution in [-0.2, 0) is 0 Å². The summed E-state index contributed by atoms with van der Waals surface area (Å²) in [6, 6.07) is 12.8. The summed E-state index contributed by atoms with van der Waals surface area (Å²) in [5.41, 5.74) is 1.66. The zero-order valence-corrected chi connectivity index (χ0v) is 13.9. The summed E-state index contributed by atoms with van der Waals surface area (Å²) in [7, 11) is 1.61. The quantitative estimate of drug-likeness (QED) is 0.937. The molecule has 0 spiro atoms. The van der Waals surface area contributed by atoms with Gasteiger partial charge in [-0.05, 0) is 37.3 Å². The van der Waals surface area contributed by atoms with Gasteiger partial charge < -0.3 is 19.7 Å². The fourth-order valence-electron chi connectivity index (χ4n) is 2.64. The first-order chi connectivity index (χ1) is 11.6. The van der Waals surface area contributed by atoms with Crippen molar-refractivity contribution in [1.29, 1.82) is 0 Å². The van der Waals surface area contributed by atoms with Gasteiger partial charge in [0, 0.05) is 30.4 Å². The van der Waals surface area contributed by atoms with Crippen LogP contribution in [0.1, 0.15) is 12.1 Å². The molecule has 6 nitrogen and oxygen atoms in total. The molecule has 1 aliphatic rings. The predicted molar refractivity (Wildman–Crippen MR) is 91.6 cm³/mol. The summed E-state index contributed by atoms with van der Waals surface area (Å²) in [6.07, 6.45) is 0.770. The normalized spacial score (nSPS) is 16.8. The van der Waals surface area contributed by atoms with E-state index in [0.29, 0.717) is 19.0 Å². The largest absolute Gasteiger partial charge is 0.497 e. The molecule has 1 aromatic carbocycles. The van der Waals surface area contributed by atoms with Crippen LogP contribution in [0.2, 0.25) is 0 Å². The molecule has 1 N–H and O–H groups in total. The number of carbonyl (C=O) groups excluding carboxylic acids is 1. The number of likely N-dealkylation sites (tertiary alicyclic amines) is 1. The van der Waals surface area contributed by atoms with Gasteiger partial charge in [-0.3, -0.25) is 0 Å². The molecule has 126 valence electrons. The van der Waals surface area contributed by atoms with Gasteiger partial charge in [0.1, 0.15) is 11.9 Å². The number of methoxy groups -OCH3 is 1. The van der Waals surface area contributed by atoms with E-state index in [1.54, 1.807) is 12.0 Å². The maximum Gasteiger partial charge on any atom is 0.321 e. The third-order valence-corrected chi connectivity index (χ3v) is 3.92. The van der Waals surface area contributed by atoms with E-state index in [4.69, 9.17) is 9.47 Å². The molecule has 2 amide bonds. The maximum absolute atomic E-state index is 12.3. The number of benzene rings is 1. The number of nitrogens with one attached hydrogen (secondary N) is 1. The van der Waals surface area contributed by atoms with Crippen molar-refractivity contribution >= 4 is 11.7 Å². The molecule has 1 atom stereocenters. The average molecular weight is 327 g/mol. The average Bonchev–Trinajstić information content (AvgIpc) is 3.04. The summed E-state index contributed by atoms with van der Waals surface area (Å²) >= 11 is 0. The third-order valence-electron chi connectivity index (χ3n) is 3.92. The summed E-state index contributed by atoms with van der Waals surface area (Å²) in [5.74, 6) is 1.37. The zero-order chi connectivity index (χ0) is 16.9. The van der Waals surface area contributed by atoms with Crippen molar-refractivity contribution in [3.8, 4) is 11.6 Å². The number of aryl methyl sites for hydroxylation is 1. The molecule has 1 unspecified atom stereocenters. The Kier molecular flexibility index (Phi) is 4.84. The highest BCUT2D eigenvalue weighted by molar-refractivity contribution is 5.89. The minimum atomic E-state index is -0.122. The molecule has 1 fully saturated rings. The van der Waals surface area contributed by atoms with Gasteiger partial charge in [0.25, 0.3) is 0 Å². The fraction of sp³-hybridized carbons (Fsp3) is 0.333. The minimum absolute atomic E-state index is 0.0269. The molecule has 0 bridgehead atoms. The Morgan fingerprint density at radius 3 is 2.75 bits per heavy atom. The Hall–Kier alpha value is -2.76. The monoisotopic (exact) mass is 327 g/mol. The molecule has 0 saturated carbocycles. The van der Waals surface area contributed by atoms with Gasteiger partial charge in [-0.1, -0.05) is 6.07 Å². The lowest BCUT2D eigenvalue weighted by Crippen LogP contribution is -2.34. The predicted octanol–water partition coefficient (Wildman–Crippen LogP) is 3.08. The molecule has 1 aliphatic heterocycles. The third kappa shape index (κ3) is 3.95. The van der Waals surface area contributed by atoms with Gasteiger partial charge >= 0.3 is 6.03 Å². The second-order valence-corrected chi connectivity index (χ2v) is 5.75. The molecule has 2 aromatic rings. The van der Waals surface area contributed by atoms with E-state index in [1.165, 1.54) is 0 Å². The Morgan fingerprint density at radius 2 is 2.04 bits per heavy atom. The van der Waals surface area contributed by atoms with E-state index in [-0.39, 0.29) is 12.1 Å². The van der Waals surface area contributed by atoms with Crippen LogP contribution in [0.15, 0.2) is 42.5 Å². The van der Waals surface area contributed by atoms with Gasteiger partial charge in [-0.15, -0.1) is 0 Å². The molecule has 0 radical (unpaired) electrons. The standard InChI is InChI=1S/C18H21N3O3/c1-13-4-3-5-17(19-13)24-16-10-11-21(12-16)18(22)20-14-6-8-15(23-2)9-7-14/h3-9,16H,10-12H2,1-2H3,(H,20,22). The van der Waals surface area contributed by atoms with Crippen LogP contribution in [0.5, 0.6) is 11.6 Å². The van der Waals surface area contributed by atoms with Crippen molar-refractivity contribution in [2.45, 2.75) is 19.4 Å². The lowest BCUT2D eigenvalue weighted by Gasteiger charge is -2.18. The van der Waals surface area contributed by atoms with Gasteiger partial charge in [-0.25, -0.2) is 9.78 Å². The Morgan fingerprint density at radius 1 is 1.25 bits per heavy atom. The van der Waals surface area contributed by atoms with Gasteiger partial charge in [0.05, 0.1) is 13.7 Å². The van der Waals surface area contributed by atoms with Crippen LogP contribution in [0.3, 0.4) is 0 Å². The molecule has 1 aromatic heterocycles. The minimum Gasteiger partial charge on any atom is -0.497 e. The number of carbonyl (C=O) groups is 1. The number of amides is 2. The van der Waals surface area contributed by atoms with Crippen molar-refractivity contribution in [2.24, 2.45) is 0 Å². The van der Waals surface area contributed by atoms with E-state index in [1.807, 2.05) is 49.4 Å². The SMILES string of the molecule is COc1ccc(NC(=O)N2CCC(Oc3cccc(C)n3)C2)cc1. The van der Waals surface area contributed by atoms with E-state index in [2.05, 4.69) is 10.3 Å². The molecule has 24 heavy (non-hydrogen) atoms. The number of pyridine rings is 1. The highest BCUT2D eigenvalue weighted by Gasteiger charge is 2.28. The lowest BCUT2D eigenvalue weighted by molar-refractivity contribution is 0.189. The van der Waals surface area contributed by atoms with Gasteiger partial charge in [-0.2, -0.15) is 0 Å². The number of nitrogens with zero attached hydrogens (tertiary/aromatic N) is 2. The molecule has 3 rings (SSSR count). The lowest BCUT2D eigenvalue weighted by atomic mass is 10.3. The van der Waals surface area contributed by atoms with Crippen LogP contribution in [-0.4, -0.2) is 42.2 Å². The molecule has 1 saturated heterocycles. The molecule has 6 heteroatoms. The summed E-state index contributed by atoms with van der Waals surface area (Å²) in [4.78, 5) is 18.4. The van der Waals surface area contributed by atoms with Gasteiger partial charge in [0.15, 0.2) is 0 Å². The van der Waals surface area contributed by atoms with Crippen LogP contribution < -0.4 is 14.8 Å². The number of ether oxygens (including phenoxy) is 2. The molecule has 0 aliphatic carbocycles. The van der Waals surface area contributed by atoms with Crippen LogP contribution >= 0.6 is 0 Å². The van der Waals surface area contributed by atoms with Crippen molar-refractivity contribution in [2.75, 3.05) is 25.5 Å². The van der Waals surface area contributed by atoms with E-state index in [9.17, 15) is 4.79 Å². The number of anilines is 1. The van der Waals surface area contributed by atoms with Crippen LogP contribution in [0, 0.1) is 6.92 Å². The van der Waals surface area contributed by atoms with Crippen molar-refractivity contribution in [3.63, 3.8) is 0 Å². The van der Waals surface area contributed by atoms with E-state index < -0.39 is 0 Å². The highest BCUT2D eigenvalue weighted by atomic mass is 16.5. The second kappa shape index (κ2) is 7.21. The highest BCUT2D eigenvalue weighted by Crippen LogP contribution is 2.19. The number of hydrogen-bond donors (Lipinski definition) is 1. The summed E-state index contributed by atoms with van der Waals surface area (Å²) in [6.45, 7) is 3.15. The molecule has 2 heterocycles. The number of rotatable bonds is 4. The first-order valence-corrected chi connectivity index (χ1v) is 7.94.